The average Bonchev–Trinajstić information content (AvgIpc) is 2.66. The summed E-state index contributed by atoms with van der Waals surface area (Å²) >= 11 is 0. The summed E-state index contributed by atoms with van der Waals surface area (Å²) in [6.07, 6.45) is 3.07. The molecule has 2 atom stereocenters. The first-order chi connectivity index (χ1) is 13.3. The van der Waals surface area contributed by atoms with Crippen LogP contribution in [0.1, 0.15) is 20.3 Å². The first kappa shape index (κ1) is 21.9. The number of nitrogens with zero attached hydrogens (tertiary/aromatic N) is 2. The highest BCUT2D eigenvalue weighted by Crippen LogP contribution is 2.34. The largest absolute Gasteiger partial charge is 0.356 e. The zero-order valence-electron chi connectivity index (χ0n) is 16.3. The number of rotatable bonds is 9. The fourth-order valence-corrected chi connectivity index (χ4v) is 4.09. The van der Waals surface area contributed by atoms with Gasteiger partial charge in [-0.25, -0.2) is 8.78 Å². The first-order valence-electron chi connectivity index (χ1n) is 8.85. The highest BCUT2D eigenvalue weighted by atomic mass is 31.1. The Morgan fingerprint density at radius 3 is 2.46 bits per heavy atom. The van der Waals surface area contributed by atoms with E-state index in [1.54, 1.807) is 32.2 Å². The molecule has 2 aromatic rings. The molecular weight excluding hydrogens is 383 g/mol. The number of pyridine rings is 1. The van der Waals surface area contributed by atoms with Crippen LogP contribution in [0.2, 0.25) is 0 Å². The number of aromatic nitrogens is 1. The van der Waals surface area contributed by atoms with Gasteiger partial charge in [-0.1, -0.05) is 14.0 Å². The second kappa shape index (κ2) is 9.69. The summed E-state index contributed by atoms with van der Waals surface area (Å²) in [6, 6.07) is 5.63. The van der Waals surface area contributed by atoms with Gasteiger partial charge in [0.25, 0.3) is 0 Å². The molecule has 5 nitrogen and oxygen atoms in total. The molecule has 28 heavy (non-hydrogen) atoms. The third kappa shape index (κ3) is 4.71. The fraction of sp³-hybridized carbons (Fsp3) is 0.350. The number of anilines is 1. The Balaban J connectivity index is 2.43. The SMILES string of the molecule is CC(CC(C)N(C=O)c1ccc(-c2cccnc2P(C)C)c(F)c1F)NC=O. The summed E-state index contributed by atoms with van der Waals surface area (Å²) in [6.45, 7) is 7.47. The van der Waals surface area contributed by atoms with Crippen LogP contribution in [0.25, 0.3) is 11.1 Å². The molecule has 0 aliphatic heterocycles. The van der Waals surface area contributed by atoms with Gasteiger partial charge in [0.2, 0.25) is 12.8 Å². The molecule has 2 amide bonds. The summed E-state index contributed by atoms with van der Waals surface area (Å²) in [5.41, 5.74) is 1.27. The molecule has 0 bridgehead atoms. The number of hydrogen-bond acceptors (Lipinski definition) is 3. The molecule has 2 rings (SSSR count). The Morgan fingerprint density at radius 1 is 1.14 bits per heavy atom. The summed E-state index contributed by atoms with van der Waals surface area (Å²) in [7, 11) is -0.612. The van der Waals surface area contributed by atoms with Gasteiger partial charge in [-0.3, -0.25) is 14.6 Å². The van der Waals surface area contributed by atoms with Gasteiger partial charge >= 0.3 is 0 Å². The zero-order chi connectivity index (χ0) is 20.8. The van der Waals surface area contributed by atoms with Crippen molar-refractivity contribution in [1.29, 1.82) is 0 Å². The number of hydrogen-bond donors (Lipinski definition) is 1. The van der Waals surface area contributed by atoms with E-state index < -0.39 is 25.6 Å². The van der Waals surface area contributed by atoms with Gasteiger partial charge in [0.15, 0.2) is 11.6 Å². The van der Waals surface area contributed by atoms with Gasteiger partial charge < -0.3 is 10.2 Å². The molecule has 8 heteroatoms. The predicted molar refractivity (Wildman–Crippen MR) is 109 cm³/mol. The van der Waals surface area contributed by atoms with Gasteiger partial charge in [-0.15, -0.1) is 0 Å². The Morgan fingerprint density at radius 2 is 1.86 bits per heavy atom. The van der Waals surface area contributed by atoms with Crippen molar-refractivity contribution >= 4 is 31.9 Å². The van der Waals surface area contributed by atoms with Gasteiger partial charge in [-0.2, -0.15) is 0 Å². The zero-order valence-corrected chi connectivity index (χ0v) is 17.2. The molecule has 1 N–H and O–H groups in total. The van der Waals surface area contributed by atoms with E-state index in [1.165, 1.54) is 12.1 Å². The molecule has 1 aromatic carbocycles. The molecule has 0 saturated carbocycles. The molecule has 0 fully saturated rings. The number of carbonyl (C=O) groups is 2. The van der Waals surface area contributed by atoms with Crippen LogP contribution in [0.3, 0.4) is 0 Å². The van der Waals surface area contributed by atoms with Crippen LogP contribution in [-0.2, 0) is 9.59 Å². The lowest BCUT2D eigenvalue weighted by Gasteiger charge is -2.28. The molecule has 0 aliphatic rings. The van der Waals surface area contributed by atoms with Crippen LogP contribution in [0.5, 0.6) is 0 Å². The molecular formula is C20H24F2N3O2P. The number of amides is 2. The molecule has 0 radical (unpaired) electrons. The first-order valence-corrected chi connectivity index (χ1v) is 11.1. The summed E-state index contributed by atoms with van der Waals surface area (Å²) in [4.78, 5) is 27.6. The van der Waals surface area contributed by atoms with E-state index in [0.717, 1.165) is 10.3 Å². The van der Waals surface area contributed by atoms with Crippen LogP contribution in [0.15, 0.2) is 30.5 Å². The molecule has 1 heterocycles. The quantitative estimate of drug-likeness (QED) is 0.513. The Hall–Kier alpha value is -2.40. The highest BCUT2D eigenvalue weighted by molar-refractivity contribution is 7.64. The van der Waals surface area contributed by atoms with Crippen LogP contribution in [0.4, 0.5) is 14.5 Å². The van der Waals surface area contributed by atoms with Crippen LogP contribution >= 0.6 is 7.92 Å². The van der Waals surface area contributed by atoms with E-state index in [9.17, 15) is 18.4 Å². The second-order valence-corrected chi connectivity index (χ2v) is 9.02. The number of benzene rings is 1. The van der Waals surface area contributed by atoms with Crippen molar-refractivity contribution in [3.05, 3.63) is 42.1 Å². The Kier molecular flexibility index (Phi) is 7.58. The Bertz CT molecular complexity index is 848. The van der Waals surface area contributed by atoms with Crippen molar-refractivity contribution in [2.45, 2.75) is 32.4 Å². The van der Waals surface area contributed by atoms with E-state index in [0.29, 0.717) is 24.8 Å². The van der Waals surface area contributed by atoms with E-state index >= 15 is 0 Å². The molecule has 2 unspecified atom stereocenters. The summed E-state index contributed by atoms with van der Waals surface area (Å²) in [5, 5.41) is 2.58. The van der Waals surface area contributed by atoms with Gasteiger partial charge in [0.1, 0.15) is 0 Å². The van der Waals surface area contributed by atoms with Crippen LogP contribution in [-0.4, -0.2) is 43.2 Å². The maximum absolute atomic E-state index is 14.9. The second-order valence-electron chi connectivity index (χ2n) is 6.81. The third-order valence-corrected chi connectivity index (χ3v) is 5.68. The van der Waals surface area contributed by atoms with E-state index in [-0.39, 0.29) is 17.3 Å². The van der Waals surface area contributed by atoms with E-state index in [4.69, 9.17) is 0 Å². The van der Waals surface area contributed by atoms with Gasteiger partial charge in [0.05, 0.1) is 11.1 Å². The van der Waals surface area contributed by atoms with Gasteiger partial charge in [0, 0.05) is 29.4 Å². The van der Waals surface area contributed by atoms with Crippen LogP contribution in [0, 0.1) is 11.6 Å². The molecule has 150 valence electrons. The predicted octanol–water partition coefficient (Wildman–Crippen LogP) is 3.27. The molecule has 0 aliphatic carbocycles. The molecule has 0 saturated heterocycles. The lowest BCUT2D eigenvalue weighted by atomic mass is 10.0. The normalized spacial score (nSPS) is 13.1. The summed E-state index contributed by atoms with van der Waals surface area (Å²) in [5.74, 6) is -2.10. The minimum atomic E-state index is -1.08. The fourth-order valence-electron chi connectivity index (χ4n) is 3.12. The minimum absolute atomic E-state index is 0.120. The van der Waals surface area contributed by atoms with Crippen molar-refractivity contribution < 1.29 is 18.4 Å². The number of halogens is 2. The smallest absolute Gasteiger partial charge is 0.214 e. The standard InChI is InChI=1S/C20H24F2N3O2P/c1-13(24-11-26)10-14(2)25(12-27)17-8-7-15(18(21)19(17)22)16-6-5-9-23-20(16)28(3)4/h5-9,11-14H,10H2,1-4H3,(H,24,26). The molecule has 0 spiro atoms. The lowest BCUT2D eigenvalue weighted by molar-refractivity contribution is -0.110. The highest BCUT2D eigenvalue weighted by Gasteiger charge is 2.24. The van der Waals surface area contributed by atoms with Gasteiger partial charge in [-0.05, 0) is 51.8 Å². The lowest BCUT2D eigenvalue weighted by Crippen LogP contribution is -2.38. The maximum atomic E-state index is 14.9. The average molecular weight is 407 g/mol. The maximum Gasteiger partial charge on any atom is 0.214 e. The minimum Gasteiger partial charge on any atom is -0.356 e. The number of carbonyl (C=O) groups excluding carboxylic acids is 2. The van der Waals surface area contributed by atoms with Crippen molar-refractivity contribution in [2.75, 3.05) is 18.2 Å². The third-order valence-electron chi connectivity index (χ3n) is 4.48. The Labute approximate surface area is 164 Å². The van der Waals surface area contributed by atoms with E-state index in [1.807, 2.05) is 13.3 Å². The monoisotopic (exact) mass is 407 g/mol. The van der Waals surface area contributed by atoms with Crippen molar-refractivity contribution in [3.8, 4) is 11.1 Å². The topological polar surface area (TPSA) is 62.3 Å². The van der Waals surface area contributed by atoms with Crippen molar-refractivity contribution in [3.63, 3.8) is 0 Å². The molecule has 1 aromatic heterocycles. The summed E-state index contributed by atoms with van der Waals surface area (Å²) < 4.78 is 29.8. The van der Waals surface area contributed by atoms with Crippen molar-refractivity contribution in [2.24, 2.45) is 0 Å². The van der Waals surface area contributed by atoms with E-state index in [2.05, 4.69) is 10.3 Å². The number of nitrogens with one attached hydrogen (secondary N) is 1. The van der Waals surface area contributed by atoms with Crippen molar-refractivity contribution in [1.82, 2.24) is 10.3 Å². The van der Waals surface area contributed by atoms with Crippen LogP contribution < -0.4 is 15.7 Å².